The predicted octanol–water partition coefficient (Wildman–Crippen LogP) is 2.28. The fourth-order valence-electron chi connectivity index (χ4n) is 3.19. The van der Waals surface area contributed by atoms with Gasteiger partial charge in [-0.2, -0.15) is 0 Å². The number of hydrogen-bond acceptors (Lipinski definition) is 3. The van der Waals surface area contributed by atoms with Gasteiger partial charge in [-0.25, -0.2) is 13.6 Å². The highest BCUT2D eigenvalue weighted by Crippen LogP contribution is 2.54. The maximum absolute atomic E-state index is 12.3. The number of fused-ring (bicyclic) bond motifs is 1. The summed E-state index contributed by atoms with van der Waals surface area (Å²) in [7, 11) is -3.81. The summed E-state index contributed by atoms with van der Waals surface area (Å²) in [5, 5.41) is 8.12. The molecule has 114 valence electrons. The summed E-state index contributed by atoms with van der Waals surface area (Å²) in [4.78, 5) is 12.2. The van der Waals surface area contributed by atoms with E-state index >= 15 is 0 Å². The maximum atomic E-state index is 12.3. The van der Waals surface area contributed by atoms with E-state index in [0.717, 1.165) is 24.7 Å². The second-order valence-corrected chi connectivity index (χ2v) is 8.02. The Bertz CT molecular complexity index is 684. The molecule has 2 aliphatic rings. The summed E-state index contributed by atoms with van der Waals surface area (Å²) < 4.78 is 22.7. The fraction of sp³-hybridized carbons (Fsp3) is 0.500. The van der Waals surface area contributed by atoms with Gasteiger partial charge in [0.15, 0.2) is 0 Å². The number of carbonyl (C=O) groups excluding carboxylic acids is 1. The maximum Gasteiger partial charge on any atom is 0.238 e. The first kappa shape index (κ1) is 14.8. The third-order valence-electron chi connectivity index (χ3n) is 4.45. The second kappa shape index (κ2) is 4.97. The molecule has 5 nitrogen and oxygen atoms in total. The Kier molecular flexibility index (Phi) is 3.50. The van der Waals surface area contributed by atoms with Crippen molar-refractivity contribution in [3.63, 3.8) is 0 Å². The van der Waals surface area contributed by atoms with E-state index < -0.39 is 10.0 Å². The van der Waals surface area contributed by atoms with Crippen LogP contribution in [0.15, 0.2) is 17.0 Å². The molecule has 0 heterocycles. The fourth-order valence-corrected chi connectivity index (χ4v) is 4.19. The van der Waals surface area contributed by atoms with Crippen LogP contribution in [-0.4, -0.2) is 14.3 Å². The van der Waals surface area contributed by atoms with Gasteiger partial charge in [0.25, 0.3) is 0 Å². The van der Waals surface area contributed by atoms with Gasteiger partial charge in [-0.15, -0.1) is 0 Å². The average Bonchev–Trinajstić information content (AvgIpc) is 2.99. The molecular formula is C14H17ClN2O3S. The molecule has 0 spiro atoms. The molecule has 0 aromatic heterocycles. The smallest absolute Gasteiger partial charge is 0.238 e. The largest absolute Gasteiger partial charge is 0.324 e. The molecule has 0 aliphatic heterocycles. The molecule has 2 aliphatic carbocycles. The summed E-state index contributed by atoms with van der Waals surface area (Å²) >= 11 is 6.09. The van der Waals surface area contributed by atoms with Crippen molar-refractivity contribution in [3.8, 4) is 0 Å². The number of nitrogens with two attached hydrogens (primary N) is 1. The Balaban J connectivity index is 1.80. The molecule has 0 bridgehead atoms. The predicted molar refractivity (Wildman–Crippen MR) is 80.5 cm³/mol. The highest BCUT2D eigenvalue weighted by atomic mass is 35.5. The van der Waals surface area contributed by atoms with Crippen LogP contribution in [0, 0.1) is 24.7 Å². The Morgan fingerprint density at radius 3 is 2.43 bits per heavy atom. The van der Waals surface area contributed by atoms with Crippen molar-refractivity contribution in [3.05, 3.63) is 22.7 Å². The molecule has 21 heavy (non-hydrogen) atoms. The van der Waals surface area contributed by atoms with Crippen LogP contribution in [0.25, 0.3) is 0 Å². The summed E-state index contributed by atoms with van der Waals surface area (Å²) in [5.41, 5.74) is 1.05. The Morgan fingerprint density at radius 1 is 1.29 bits per heavy atom. The van der Waals surface area contributed by atoms with E-state index in [9.17, 15) is 13.2 Å². The van der Waals surface area contributed by atoms with Crippen LogP contribution < -0.4 is 10.5 Å². The summed E-state index contributed by atoms with van der Waals surface area (Å²) in [6, 6.07) is 2.69. The van der Waals surface area contributed by atoms with Gasteiger partial charge in [0.1, 0.15) is 0 Å². The van der Waals surface area contributed by atoms with Crippen LogP contribution in [0.4, 0.5) is 5.69 Å². The standard InChI is InChI=1S/C14H17ClN2O3S/c1-7-2-11(21(16,19)20)6-12(15)13(7)17-14(18)10-4-8-3-9(8)5-10/h2,6,8-10H,3-5H2,1H3,(H,17,18)(H2,16,19,20). The van der Waals surface area contributed by atoms with Crippen molar-refractivity contribution in [2.24, 2.45) is 22.9 Å². The van der Waals surface area contributed by atoms with Gasteiger partial charge in [0, 0.05) is 5.92 Å². The normalized spacial score (nSPS) is 27.3. The lowest BCUT2D eigenvalue weighted by Crippen LogP contribution is -2.22. The molecule has 2 unspecified atom stereocenters. The van der Waals surface area contributed by atoms with E-state index in [1.807, 2.05) is 0 Å². The number of rotatable bonds is 3. The van der Waals surface area contributed by atoms with E-state index in [-0.39, 0.29) is 21.7 Å². The van der Waals surface area contributed by atoms with Crippen LogP contribution in [0.5, 0.6) is 0 Å². The lowest BCUT2D eigenvalue weighted by molar-refractivity contribution is -0.120. The molecule has 0 saturated heterocycles. The molecule has 1 aromatic carbocycles. The zero-order valence-electron chi connectivity index (χ0n) is 11.6. The van der Waals surface area contributed by atoms with Crippen LogP contribution in [0.2, 0.25) is 5.02 Å². The quantitative estimate of drug-likeness (QED) is 0.892. The summed E-state index contributed by atoms with van der Waals surface area (Å²) in [5.74, 6) is 1.46. The van der Waals surface area contributed by atoms with Gasteiger partial charge >= 0.3 is 0 Å². The molecular weight excluding hydrogens is 312 g/mol. The van der Waals surface area contributed by atoms with E-state index in [0.29, 0.717) is 11.3 Å². The van der Waals surface area contributed by atoms with Gasteiger partial charge in [-0.05, 0) is 55.7 Å². The minimum Gasteiger partial charge on any atom is -0.324 e. The summed E-state index contributed by atoms with van der Waals surface area (Å²) in [6.45, 7) is 1.70. The molecule has 1 amide bonds. The number of benzene rings is 1. The van der Waals surface area contributed by atoms with E-state index in [1.165, 1.54) is 18.6 Å². The number of nitrogens with one attached hydrogen (secondary N) is 1. The number of primary sulfonamides is 1. The van der Waals surface area contributed by atoms with E-state index in [1.54, 1.807) is 6.92 Å². The van der Waals surface area contributed by atoms with Crippen molar-refractivity contribution < 1.29 is 13.2 Å². The van der Waals surface area contributed by atoms with E-state index in [4.69, 9.17) is 16.7 Å². The Hall–Kier alpha value is -1.11. The first-order valence-corrected chi connectivity index (χ1v) is 8.82. The van der Waals surface area contributed by atoms with Gasteiger partial charge in [-0.3, -0.25) is 4.79 Å². The molecule has 2 fully saturated rings. The zero-order valence-corrected chi connectivity index (χ0v) is 13.2. The van der Waals surface area contributed by atoms with Gasteiger partial charge in [0.05, 0.1) is 15.6 Å². The van der Waals surface area contributed by atoms with Crippen molar-refractivity contribution in [2.45, 2.75) is 31.1 Å². The zero-order chi connectivity index (χ0) is 15.4. The lowest BCUT2D eigenvalue weighted by atomic mass is 10.0. The number of amides is 1. The molecule has 0 radical (unpaired) electrons. The summed E-state index contributed by atoms with van der Waals surface area (Å²) in [6.07, 6.45) is 3.15. The third kappa shape index (κ3) is 2.93. The van der Waals surface area contributed by atoms with Crippen molar-refractivity contribution in [1.29, 1.82) is 0 Å². The first-order chi connectivity index (χ1) is 9.75. The van der Waals surface area contributed by atoms with Crippen LogP contribution in [-0.2, 0) is 14.8 Å². The Morgan fingerprint density at radius 2 is 1.90 bits per heavy atom. The molecule has 2 saturated carbocycles. The topological polar surface area (TPSA) is 89.3 Å². The molecule has 7 heteroatoms. The number of halogens is 1. The average molecular weight is 329 g/mol. The molecule has 2 atom stereocenters. The molecule has 1 aromatic rings. The number of hydrogen-bond donors (Lipinski definition) is 2. The molecule has 3 rings (SSSR count). The van der Waals surface area contributed by atoms with E-state index in [2.05, 4.69) is 5.32 Å². The Labute approximate surface area is 128 Å². The van der Waals surface area contributed by atoms with Crippen molar-refractivity contribution in [1.82, 2.24) is 0 Å². The van der Waals surface area contributed by atoms with Gasteiger partial charge in [-0.1, -0.05) is 11.6 Å². The molecule has 3 N–H and O–H groups in total. The number of carbonyl (C=O) groups is 1. The lowest BCUT2D eigenvalue weighted by Gasteiger charge is -2.16. The van der Waals surface area contributed by atoms with Crippen molar-refractivity contribution >= 4 is 33.2 Å². The van der Waals surface area contributed by atoms with Crippen molar-refractivity contribution in [2.75, 3.05) is 5.32 Å². The number of aryl methyl sites for hydroxylation is 1. The number of anilines is 1. The third-order valence-corrected chi connectivity index (χ3v) is 5.64. The minimum atomic E-state index is -3.81. The SMILES string of the molecule is Cc1cc(S(N)(=O)=O)cc(Cl)c1NC(=O)C1CC2CC2C1. The minimum absolute atomic E-state index is 0.0319. The monoisotopic (exact) mass is 328 g/mol. The van der Waals surface area contributed by atoms with Gasteiger partial charge < -0.3 is 5.32 Å². The van der Waals surface area contributed by atoms with Gasteiger partial charge in [0.2, 0.25) is 15.9 Å². The highest BCUT2D eigenvalue weighted by molar-refractivity contribution is 7.89. The first-order valence-electron chi connectivity index (χ1n) is 6.89. The highest BCUT2D eigenvalue weighted by Gasteiger charge is 2.48. The van der Waals surface area contributed by atoms with Crippen LogP contribution >= 0.6 is 11.6 Å². The van der Waals surface area contributed by atoms with Crippen LogP contribution in [0.1, 0.15) is 24.8 Å². The number of sulfonamides is 1. The van der Waals surface area contributed by atoms with Crippen LogP contribution in [0.3, 0.4) is 0 Å². The second-order valence-electron chi connectivity index (χ2n) is 6.06.